The molecule has 0 aliphatic carbocycles. The molecule has 11 nitrogen and oxygen atoms in total. The molecule has 6 rings (SSSR count). The van der Waals surface area contributed by atoms with Gasteiger partial charge in [-0.1, -0.05) is 12.1 Å². The average Bonchev–Trinajstić information content (AvgIpc) is 3.49. The van der Waals surface area contributed by atoms with Gasteiger partial charge in [0, 0.05) is 42.8 Å². The number of nitrogens with zero attached hydrogens (tertiary/aromatic N) is 9. The molecule has 1 amide bonds. The van der Waals surface area contributed by atoms with Crippen molar-refractivity contribution >= 4 is 23.1 Å². The molecule has 1 fully saturated rings. The standard InChI is InChI=1S/C23H20N10O/c1-15-28-29-20-8-7-19(30-33(15)20)16-3-5-18(6-4-16)27-23(34)17-12-31(13-17)21-11-22(25-14-24-21)32-10-2-9-26-32/h2-11,14,17H,12-13H2,1H3,(H,27,34). The van der Waals surface area contributed by atoms with Gasteiger partial charge < -0.3 is 10.2 Å². The maximum atomic E-state index is 12.7. The molecule has 5 aromatic rings. The summed E-state index contributed by atoms with van der Waals surface area (Å²) in [4.78, 5) is 23.4. The topological polar surface area (TPSA) is 119 Å². The van der Waals surface area contributed by atoms with Crippen LogP contribution in [0.1, 0.15) is 5.82 Å². The van der Waals surface area contributed by atoms with E-state index in [9.17, 15) is 4.79 Å². The van der Waals surface area contributed by atoms with Crippen LogP contribution in [0.4, 0.5) is 11.5 Å². The van der Waals surface area contributed by atoms with Crippen LogP contribution in [0, 0.1) is 12.8 Å². The Bertz CT molecular complexity index is 1470. The van der Waals surface area contributed by atoms with Crippen LogP contribution in [0.2, 0.25) is 0 Å². The number of nitrogens with one attached hydrogen (secondary N) is 1. The molecule has 5 heterocycles. The van der Waals surface area contributed by atoms with Gasteiger partial charge in [-0.15, -0.1) is 10.2 Å². The molecule has 11 heteroatoms. The third kappa shape index (κ3) is 3.62. The highest BCUT2D eigenvalue weighted by atomic mass is 16.2. The predicted octanol–water partition coefficient (Wildman–Crippen LogP) is 2.15. The molecule has 0 atom stereocenters. The molecule has 1 aliphatic heterocycles. The number of hydrogen-bond acceptors (Lipinski definition) is 8. The second-order valence-corrected chi connectivity index (χ2v) is 8.09. The van der Waals surface area contributed by atoms with Gasteiger partial charge in [-0.25, -0.2) is 14.6 Å². The smallest absolute Gasteiger partial charge is 0.231 e. The maximum Gasteiger partial charge on any atom is 0.231 e. The van der Waals surface area contributed by atoms with Gasteiger partial charge in [-0.2, -0.15) is 14.7 Å². The van der Waals surface area contributed by atoms with Crippen LogP contribution >= 0.6 is 0 Å². The lowest BCUT2D eigenvalue weighted by molar-refractivity contribution is -0.120. The summed E-state index contributed by atoms with van der Waals surface area (Å²) >= 11 is 0. The van der Waals surface area contributed by atoms with E-state index in [1.165, 1.54) is 6.33 Å². The summed E-state index contributed by atoms with van der Waals surface area (Å²) in [6.45, 7) is 3.06. The van der Waals surface area contributed by atoms with Gasteiger partial charge in [0.1, 0.15) is 12.1 Å². The lowest BCUT2D eigenvalue weighted by Crippen LogP contribution is -2.52. The van der Waals surface area contributed by atoms with E-state index < -0.39 is 0 Å². The van der Waals surface area contributed by atoms with Crippen molar-refractivity contribution in [1.29, 1.82) is 0 Å². The fourth-order valence-corrected chi connectivity index (χ4v) is 3.89. The third-order valence-electron chi connectivity index (χ3n) is 5.82. The lowest BCUT2D eigenvalue weighted by atomic mass is 9.99. The molecular weight excluding hydrogens is 432 g/mol. The Balaban J connectivity index is 1.09. The van der Waals surface area contributed by atoms with E-state index in [-0.39, 0.29) is 11.8 Å². The second kappa shape index (κ2) is 8.03. The Hall–Kier alpha value is -4.67. The number of anilines is 2. The molecule has 0 radical (unpaired) electrons. The van der Waals surface area contributed by atoms with Crippen molar-refractivity contribution < 1.29 is 4.79 Å². The van der Waals surface area contributed by atoms with Crippen molar-refractivity contribution in [3.05, 3.63) is 73.1 Å². The van der Waals surface area contributed by atoms with Crippen LogP contribution in [-0.4, -0.2) is 58.6 Å². The number of rotatable bonds is 5. The molecule has 0 spiro atoms. The Labute approximate surface area is 194 Å². The summed E-state index contributed by atoms with van der Waals surface area (Å²) < 4.78 is 3.39. The zero-order valence-corrected chi connectivity index (χ0v) is 18.3. The lowest BCUT2D eigenvalue weighted by Gasteiger charge is -2.39. The van der Waals surface area contributed by atoms with Gasteiger partial charge in [0.15, 0.2) is 17.3 Å². The molecule has 1 aromatic carbocycles. The summed E-state index contributed by atoms with van der Waals surface area (Å²) in [5.41, 5.74) is 3.21. The monoisotopic (exact) mass is 452 g/mol. The number of carbonyl (C=O) groups excluding carboxylic acids is 1. The molecule has 0 unspecified atom stereocenters. The van der Waals surface area contributed by atoms with Gasteiger partial charge >= 0.3 is 0 Å². The number of hydrogen-bond donors (Lipinski definition) is 1. The average molecular weight is 452 g/mol. The Morgan fingerprint density at radius 1 is 1.03 bits per heavy atom. The SMILES string of the molecule is Cc1nnc2ccc(-c3ccc(NC(=O)C4CN(c5cc(-n6cccn6)ncn5)C4)cc3)nn12. The van der Waals surface area contributed by atoms with Crippen molar-refractivity contribution in [2.24, 2.45) is 5.92 Å². The summed E-state index contributed by atoms with van der Waals surface area (Å²) in [6.07, 6.45) is 5.04. The molecule has 0 bridgehead atoms. The van der Waals surface area contributed by atoms with Crippen molar-refractivity contribution in [3.63, 3.8) is 0 Å². The number of aromatic nitrogens is 8. The number of benzene rings is 1. The highest BCUT2D eigenvalue weighted by Gasteiger charge is 2.33. The van der Waals surface area contributed by atoms with E-state index in [2.05, 4.69) is 40.6 Å². The van der Waals surface area contributed by atoms with Crippen LogP contribution < -0.4 is 10.2 Å². The quantitative estimate of drug-likeness (QED) is 0.431. The van der Waals surface area contributed by atoms with Crippen molar-refractivity contribution in [3.8, 4) is 17.1 Å². The minimum absolute atomic E-state index is 0.00925. The van der Waals surface area contributed by atoms with E-state index >= 15 is 0 Å². The predicted molar refractivity (Wildman–Crippen MR) is 124 cm³/mol. The first-order valence-corrected chi connectivity index (χ1v) is 10.8. The van der Waals surface area contributed by atoms with E-state index in [1.807, 2.05) is 61.7 Å². The molecule has 34 heavy (non-hydrogen) atoms. The fraction of sp³-hybridized carbons (Fsp3) is 0.174. The zero-order chi connectivity index (χ0) is 23.1. The van der Waals surface area contributed by atoms with Crippen molar-refractivity contribution in [1.82, 2.24) is 39.6 Å². The maximum absolute atomic E-state index is 12.7. The normalized spacial score (nSPS) is 13.7. The number of amides is 1. The van der Waals surface area contributed by atoms with Crippen LogP contribution in [0.25, 0.3) is 22.7 Å². The Morgan fingerprint density at radius 3 is 2.65 bits per heavy atom. The molecular formula is C23H20N10O. The van der Waals surface area contributed by atoms with Gasteiger partial charge in [0.25, 0.3) is 0 Å². The molecule has 1 N–H and O–H groups in total. The first-order valence-electron chi connectivity index (χ1n) is 10.8. The van der Waals surface area contributed by atoms with Gasteiger partial charge in [-0.05, 0) is 37.3 Å². The summed E-state index contributed by atoms with van der Waals surface area (Å²) in [6, 6.07) is 15.1. The van der Waals surface area contributed by atoms with Crippen LogP contribution in [-0.2, 0) is 4.79 Å². The van der Waals surface area contributed by atoms with Gasteiger partial charge in [0.05, 0.1) is 11.6 Å². The largest absolute Gasteiger partial charge is 0.355 e. The van der Waals surface area contributed by atoms with E-state index in [4.69, 9.17) is 0 Å². The summed E-state index contributed by atoms with van der Waals surface area (Å²) in [5, 5.41) is 19.9. The first-order chi connectivity index (χ1) is 16.6. The molecule has 168 valence electrons. The van der Waals surface area contributed by atoms with Crippen LogP contribution in [0.15, 0.2) is 67.3 Å². The number of carbonyl (C=O) groups is 1. The third-order valence-corrected chi connectivity index (χ3v) is 5.82. The van der Waals surface area contributed by atoms with E-state index in [1.54, 1.807) is 15.4 Å². The highest BCUT2D eigenvalue weighted by Crippen LogP contribution is 2.25. The Kier molecular flexibility index (Phi) is 4.72. The minimum atomic E-state index is -0.108. The summed E-state index contributed by atoms with van der Waals surface area (Å²) in [7, 11) is 0. The first kappa shape index (κ1) is 20.0. The van der Waals surface area contributed by atoms with E-state index in [0.29, 0.717) is 24.6 Å². The van der Waals surface area contributed by atoms with Gasteiger partial charge in [0.2, 0.25) is 5.91 Å². The minimum Gasteiger partial charge on any atom is -0.355 e. The molecule has 1 aliphatic rings. The molecule has 1 saturated heterocycles. The Morgan fingerprint density at radius 2 is 1.85 bits per heavy atom. The number of fused-ring (bicyclic) bond motifs is 1. The molecule has 4 aromatic heterocycles. The zero-order valence-electron chi connectivity index (χ0n) is 18.3. The van der Waals surface area contributed by atoms with Crippen molar-refractivity contribution in [2.45, 2.75) is 6.92 Å². The summed E-state index contributed by atoms with van der Waals surface area (Å²) in [5.74, 6) is 2.08. The van der Waals surface area contributed by atoms with Crippen LogP contribution in [0.5, 0.6) is 0 Å². The highest BCUT2D eigenvalue weighted by molar-refractivity contribution is 5.94. The fourth-order valence-electron chi connectivity index (χ4n) is 3.89. The van der Waals surface area contributed by atoms with Crippen LogP contribution in [0.3, 0.4) is 0 Å². The second-order valence-electron chi connectivity index (χ2n) is 8.09. The van der Waals surface area contributed by atoms with Crippen molar-refractivity contribution in [2.75, 3.05) is 23.3 Å². The molecule has 0 saturated carbocycles. The van der Waals surface area contributed by atoms with E-state index in [0.717, 1.165) is 28.6 Å². The van der Waals surface area contributed by atoms with Gasteiger partial charge in [-0.3, -0.25) is 4.79 Å². The number of aryl methyl sites for hydroxylation is 1.